The van der Waals surface area contributed by atoms with Crippen molar-refractivity contribution in [2.45, 2.75) is 19.8 Å². The molecule has 3 heterocycles. The first-order chi connectivity index (χ1) is 10.8. The standard InChI is InChI=1S/C17H19N5/c1-12-5-4-8-18-16(12)21-17-19-14-7-6-13(11-15(14)20-17)22-9-2-3-10-22/h4-8,11H,2-3,9-10H2,1H3,(H2,18,19,20,21). The number of fused-ring (bicyclic) bond motifs is 1. The van der Waals surface area contributed by atoms with Gasteiger partial charge in [-0.3, -0.25) is 0 Å². The average molecular weight is 293 g/mol. The molecule has 5 heteroatoms. The quantitative estimate of drug-likeness (QED) is 0.774. The summed E-state index contributed by atoms with van der Waals surface area (Å²) in [6, 6.07) is 10.4. The molecule has 0 spiro atoms. The van der Waals surface area contributed by atoms with Crippen molar-refractivity contribution in [3.63, 3.8) is 0 Å². The molecule has 0 saturated carbocycles. The van der Waals surface area contributed by atoms with Crippen molar-refractivity contribution < 1.29 is 0 Å². The molecule has 5 nitrogen and oxygen atoms in total. The summed E-state index contributed by atoms with van der Waals surface area (Å²) in [6.07, 6.45) is 4.35. The molecule has 0 atom stereocenters. The number of aryl methyl sites for hydroxylation is 1. The van der Waals surface area contributed by atoms with E-state index in [0.29, 0.717) is 0 Å². The van der Waals surface area contributed by atoms with Crippen molar-refractivity contribution in [2.75, 3.05) is 23.3 Å². The van der Waals surface area contributed by atoms with Crippen LogP contribution in [0, 0.1) is 6.92 Å². The van der Waals surface area contributed by atoms with Crippen LogP contribution in [0.4, 0.5) is 17.5 Å². The van der Waals surface area contributed by atoms with E-state index in [9.17, 15) is 0 Å². The highest BCUT2D eigenvalue weighted by atomic mass is 15.2. The van der Waals surface area contributed by atoms with Gasteiger partial charge in [-0.25, -0.2) is 9.97 Å². The molecule has 22 heavy (non-hydrogen) atoms. The Kier molecular flexibility index (Phi) is 3.18. The zero-order valence-corrected chi connectivity index (χ0v) is 12.6. The van der Waals surface area contributed by atoms with E-state index in [4.69, 9.17) is 0 Å². The van der Waals surface area contributed by atoms with Crippen LogP contribution >= 0.6 is 0 Å². The topological polar surface area (TPSA) is 56.8 Å². The number of benzene rings is 1. The Morgan fingerprint density at radius 2 is 2.05 bits per heavy atom. The summed E-state index contributed by atoms with van der Waals surface area (Å²) in [5.41, 5.74) is 4.40. The van der Waals surface area contributed by atoms with Gasteiger partial charge in [0.05, 0.1) is 11.0 Å². The highest BCUT2D eigenvalue weighted by Gasteiger charge is 2.13. The minimum absolute atomic E-state index is 0.732. The molecule has 2 N–H and O–H groups in total. The van der Waals surface area contributed by atoms with Crippen LogP contribution in [0.25, 0.3) is 11.0 Å². The van der Waals surface area contributed by atoms with E-state index < -0.39 is 0 Å². The van der Waals surface area contributed by atoms with E-state index in [0.717, 1.165) is 41.5 Å². The predicted molar refractivity (Wildman–Crippen MR) is 89.8 cm³/mol. The van der Waals surface area contributed by atoms with Crippen LogP contribution in [0.3, 0.4) is 0 Å². The van der Waals surface area contributed by atoms with Gasteiger partial charge in [-0.15, -0.1) is 0 Å². The van der Waals surface area contributed by atoms with E-state index >= 15 is 0 Å². The molecule has 1 fully saturated rings. The van der Waals surface area contributed by atoms with Crippen molar-refractivity contribution in [3.8, 4) is 0 Å². The average Bonchev–Trinajstić information content (AvgIpc) is 3.17. The Labute approximate surface area is 129 Å². The predicted octanol–water partition coefficient (Wildman–Crippen LogP) is 3.61. The molecule has 0 aliphatic carbocycles. The smallest absolute Gasteiger partial charge is 0.206 e. The summed E-state index contributed by atoms with van der Waals surface area (Å²) in [7, 11) is 0. The Hall–Kier alpha value is -2.56. The summed E-state index contributed by atoms with van der Waals surface area (Å²) in [5, 5.41) is 3.26. The fraction of sp³-hybridized carbons (Fsp3) is 0.294. The molecule has 0 unspecified atom stereocenters. The Balaban J connectivity index is 1.64. The van der Waals surface area contributed by atoms with Crippen molar-refractivity contribution >= 4 is 28.5 Å². The normalized spacial score (nSPS) is 14.7. The maximum absolute atomic E-state index is 4.59. The third-order valence-corrected chi connectivity index (χ3v) is 4.18. The van der Waals surface area contributed by atoms with Gasteiger partial charge in [0.15, 0.2) is 0 Å². The minimum atomic E-state index is 0.732. The lowest BCUT2D eigenvalue weighted by Gasteiger charge is -2.17. The van der Waals surface area contributed by atoms with Gasteiger partial charge in [0, 0.05) is 25.0 Å². The molecule has 1 saturated heterocycles. The van der Waals surface area contributed by atoms with Gasteiger partial charge in [0.25, 0.3) is 0 Å². The highest BCUT2D eigenvalue weighted by molar-refractivity contribution is 5.82. The van der Waals surface area contributed by atoms with E-state index in [-0.39, 0.29) is 0 Å². The van der Waals surface area contributed by atoms with Crippen LogP contribution in [-0.4, -0.2) is 28.0 Å². The minimum Gasteiger partial charge on any atom is -0.371 e. The van der Waals surface area contributed by atoms with Crippen LogP contribution in [0.5, 0.6) is 0 Å². The van der Waals surface area contributed by atoms with Crippen molar-refractivity contribution in [2.24, 2.45) is 0 Å². The Bertz CT molecular complexity index is 802. The number of hydrogen-bond acceptors (Lipinski definition) is 4. The molecule has 0 amide bonds. The fourth-order valence-corrected chi connectivity index (χ4v) is 2.96. The number of imidazole rings is 1. The Morgan fingerprint density at radius 3 is 2.86 bits per heavy atom. The molecule has 112 valence electrons. The largest absolute Gasteiger partial charge is 0.371 e. The maximum Gasteiger partial charge on any atom is 0.206 e. The van der Waals surface area contributed by atoms with Crippen molar-refractivity contribution in [1.29, 1.82) is 0 Å². The lowest BCUT2D eigenvalue weighted by atomic mass is 10.2. The molecule has 1 aliphatic heterocycles. The molecular formula is C17H19N5. The summed E-state index contributed by atoms with van der Waals surface area (Å²) in [5.74, 6) is 1.57. The molecule has 0 radical (unpaired) electrons. The van der Waals surface area contributed by atoms with Crippen LogP contribution in [0.15, 0.2) is 36.5 Å². The maximum atomic E-state index is 4.59. The molecule has 3 aromatic rings. The number of nitrogens with zero attached hydrogens (tertiary/aromatic N) is 3. The van der Waals surface area contributed by atoms with Crippen LogP contribution in [-0.2, 0) is 0 Å². The number of aromatic amines is 1. The van der Waals surface area contributed by atoms with Gasteiger partial charge in [-0.2, -0.15) is 0 Å². The number of anilines is 3. The number of nitrogens with one attached hydrogen (secondary N) is 2. The number of pyridine rings is 1. The number of H-pyrrole nitrogens is 1. The molecular weight excluding hydrogens is 274 g/mol. The zero-order chi connectivity index (χ0) is 14.9. The van der Waals surface area contributed by atoms with E-state index in [1.54, 1.807) is 6.20 Å². The third kappa shape index (κ3) is 2.39. The van der Waals surface area contributed by atoms with Gasteiger partial charge in [0.2, 0.25) is 5.95 Å². The monoisotopic (exact) mass is 293 g/mol. The van der Waals surface area contributed by atoms with Crippen molar-refractivity contribution in [3.05, 3.63) is 42.1 Å². The fourth-order valence-electron chi connectivity index (χ4n) is 2.96. The Morgan fingerprint density at radius 1 is 1.18 bits per heavy atom. The molecule has 1 aromatic carbocycles. The molecule has 0 bridgehead atoms. The second-order valence-electron chi connectivity index (χ2n) is 5.77. The van der Waals surface area contributed by atoms with Crippen LogP contribution in [0.2, 0.25) is 0 Å². The van der Waals surface area contributed by atoms with E-state index in [1.807, 2.05) is 19.1 Å². The number of aromatic nitrogens is 3. The van der Waals surface area contributed by atoms with Gasteiger partial charge in [-0.05, 0) is 49.6 Å². The molecule has 1 aliphatic rings. The lowest BCUT2D eigenvalue weighted by Crippen LogP contribution is -2.17. The number of hydrogen-bond donors (Lipinski definition) is 2. The summed E-state index contributed by atoms with van der Waals surface area (Å²) in [6.45, 7) is 4.33. The number of rotatable bonds is 3. The van der Waals surface area contributed by atoms with Gasteiger partial charge in [0.1, 0.15) is 5.82 Å². The van der Waals surface area contributed by atoms with Crippen LogP contribution < -0.4 is 10.2 Å². The first kappa shape index (κ1) is 13.1. The second kappa shape index (κ2) is 5.33. The molecule has 4 rings (SSSR count). The van der Waals surface area contributed by atoms with Gasteiger partial charge >= 0.3 is 0 Å². The SMILES string of the molecule is Cc1cccnc1Nc1nc2ccc(N3CCCC3)cc2[nH]1. The summed E-state index contributed by atoms with van der Waals surface area (Å²) >= 11 is 0. The van der Waals surface area contributed by atoms with Crippen molar-refractivity contribution in [1.82, 2.24) is 15.0 Å². The highest BCUT2D eigenvalue weighted by Crippen LogP contribution is 2.25. The van der Waals surface area contributed by atoms with Gasteiger partial charge in [-0.1, -0.05) is 6.07 Å². The first-order valence-corrected chi connectivity index (χ1v) is 7.73. The first-order valence-electron chi connectivity index (χ1n) is 7.73. The summed E-state index contributed by atoms with van der Waals surface area (Å²) in [4.78, 5) is 14.7. The summed E-state index contributed by atoms with van der Waals surface area (Å²) < 4.78 is 0. The lowest BCUT2D eigenvalue weighted by molar-refractivity contribution is 0.949. The van der Waals surface area contributed by atoms with E-state index in [2.05, 4.69) is 43.4 Å². The van der Waals surface area contributed by atoms with E-state index in [1.165, 1.54) is 18.5 Å². The third-order valence-electron chi connectivity index (χ3n) is 4.18. The zero-order valence-electron chi connectivity index (χ0n) is 12.6. The van der Waals surface area contributed by atoms with Crippen LogP contribution in [0.1, 0.15) is 18.4 Å². The van der Waals surface area contributed by atoms with Gasteiger partial charge < -0.3 is 15.2 Å². The second-order valence-corrected chi connectivity index (χ2v) is 5.77. The molecule has 2 aromatic heterocycles.